The van der Waals surface area contributed by atoms with Crippen LogP contribution in [0.3, 0.4) is 0 Å². The van der Waals surface area contributed by atoms with Gasteiger partial charge in [0, 0.05) is 18.2 Å². The number of thioether (sulfide) groups is 1. The number of methoxy groups -OCH3 is 2. The third-order valence-electron chi connectivity index (χ3n) is 3.90. The molecule has 0 atom stereocenters. The Morgan fingerprint density at radius 3 is 2.77 bits per heavy atom. The van der Waals surface area contributed by atoms with E-state index < -0.39 is 10.8 Å². The van der Waals surface area contributed by atoms with Crippen molar-refractivity contribution in [1.29, 1.82) is 0 Å². The van der Waals surface area contributed by atoms with Gasteiger partial charge in [-0.25, -0.2) is 4.98 Å². The lowest BCUT2D eigenvalue weighted by Gasteiger charge is -2.07. The second kappa shape index (κ2) is 9.46. The van der Waals surface area contributed by atoms with Gasteiger partial charge >= 0.3 is 0 Å². The number of carbonyl (C=O) groups excluding carboxylic acids is 1. The van der Waals surface area contributed by atoms with E-state index in [9.17, 15) is 14.9 Å². The smallest absolute Gasteiger partial charge is 0.271 e. The molecule has 0 spiro atoms. The van der Waals surface area contributed by atoms with Crippen LogP contribution in [-0.2, 0) is 4.79 Å². The van der Waals surface area contributed by atoms with Gasteiger partial charge in [0.25, 0.3) is 5.69 Å². The lowest BCUT2D eigenvalue weighted by molar-refractivity contribution is -0.384. The van der Waals surface area contributed by atoms with Gasteiger partial charge in [-0.2, -0.15) is 0 Å². The second-order valence-electron chi connectivity index (χ2n) is 5.79. The Bertz CT molecular complexity index is 1090. The first-order chi connectivity index (χ1) is 14.4. The fraction of sp³-hybridized carbons (Fsp3) is 0.167. The van der Waals surface area contributed by atoms with Crippen molar-refractivity contribution in [3.05, 3.63) is 51.5 Å². The Balaban J connectivity index is 1.65. The standard InChI is InChI=1S/C18H16ClN5O5S/c1-28-11-4-5-12(15(8-11)29-2)17-21-18(23-22-17)30-9-16(25)20-14-7-10(24(26)27)3-6-13(14)19/h3-8H,9H2,1-2H3,(H,20,25)(H,21,22,23). The highest BCUT2D eigenvalue weighted by atomic mass is 35.5. The highest BCUT2D eigenvalue weighted by molar-refractivity contribution is 7.99. The van der Waals surface area contributed by atoms with Crippen LogP contribution in [0, 0.1) is 10.1 Å². The molecule has 156 valence electrons. The summed E-state index contributed by atoms with van der Waals surface area (Å²) in [6.45, 7) is 0. The van der Waals surface area contributed by atoms with E-state index in [2.05, 4.69) is 20.5 Å². The number of ether oxygens (including phenoxy) is 2. The first-order valence-electron chi connectivity index (χ1n) is 8.42. The number of H-pyrrole nitrogens is 1. The summed E-state index contributed by atoms with van der Waals surface area (Å²) in [5.74, 6) is 1.24. The first-order valence-corrected chi connectivity index (χ1v) is 9.79. The first kappa shape index (κ1) is 21.4. The SMILES string of the molecule is COc1ccc(-c2nc(SCC(=O)Nc3cc([N+](=O)[O-])ccc3Cl)n[nH]2)c(OC)c1. The van der Waals surface area contributed by atoms with Crippen LogP contribution < -0.4 is 14.8 Å². The van der Waals surface area contributed by atoms with Crippen LogP contribution in [0.1, 0.15) is 0 Å². The van der Waals surface area contributed by atoms with Crippen LogP contribution in [0.2, 0.25) is 5.02 Å². The van der Waals surface area contributed by atoms with Crippen molar-refractivity contribution in [1.82, 2.24) is 15.2 Å². The molecule has 3 rings (SSSR count). The number of aromatic nitrogens is 3. The summed E-state index contributed by atoms with van der Waals surface area (Å²) in [5, 5.41) is 20.9. The van der Waals surface area contributed by atoms with Gasteiger partial charge in [0.1, 0.15) is 11.5 Å². The molecular formula is C18H16ClN5O5S. The minimum Gasteiger partial charge on any atom is -0.497 e. The number of halogens is 1. The van der Waals surface area contributed by atoms with Crippen molar-refractivity contribution in [3.8, 4) is 22.9 Å². The van der Waals surface area contributed by atoms with Gasteiger partial charge in [-0.1, -0.05) is 23.4 Å². The Labute approximate surface area is 180 Å². The molecule has 0 aliphatic rings. The average Bonchev–Trinajstić information content (AvgIpc) is 3.22. The third-order valence-corrected chi connectivity index (χ3v) is 5.07. The van der Waals surface area contributed by atoms with Crippen LogP contribution in [0.5, 0.6) is 11.5 Å². The fourth-order valence-corrected chi connectivity index (χ4v) is 3.23. The van der Waals surface area contributed by atoms with E-state index in [0.29, 0.717) is 28.0 Å². The zero-order valence-electron chi connectivity index (χ0n) is 15.8. The summed E-state index contributed by atoms with van der Waals surface area (Å²) < 4.78 is 10.5. The number of anilines is 1. The quantitative estimate of drug-likeness (QED) is 0.301. The molecule has 2 N–H and O–H groups in total. The normalized spacial score (nSPS) is 10.5. The molecule has 0 aliphatic carbocycles. The number of aromatic amines is 1. The summed E-state index contributed by atoms with van der Waals surface area (Å²) in [6, 6.07) is 9.08. The van der Waals surface area contributed by atoms with E-state index in [0.717, 1.165) is 11.8 Å². The number of non-ortho nitro benzene ring substituents is 1. The number of nitrogens with one attached hydrogen (secondary N) is 2. The Kier molecular flexibility index (Phi) is 6.75. The maximum Gasteiger partial charge on any atom is 0.271 e. The van der Waals surface area contributed by atoms with Crippen molar-refractivity contribution < 1.29 is 19.2 Å². The molecule has 0 bridgehead atoms. The lowest BCUT2D eigenvalue weighted by atomic mass is 10.2. The number of hydrogen-bond donors (Lipinski definition) is 2. The van der Waals surface area contributed by atoms with Crippen molar-refractivity contribution in [2.75, 3.05) is 25.3 Å². The number of carbonyl (C=O) groups is 1. The zero-order valence-corrected chi connectivity index (χ0v) is 17.4. The fourth-order valence-electron chi connectivity index (χ4n) is 2.46. The van der Waals surface area contributed by atoms with Gasteiger partial charge in [-0.05, 0) is 18.2 Å². The van der Waals surface area contributed by atoms with Gasteiger partial charge in [-0.3, -0.25) is 20.0 Å². The van der Waals surface area contributed by atoms with Crippen molar-refractivity contribution >= 4 is 40.6 Å². The van der Waals surface area contributed by atoms with Gasteiger partial charge < -0.3 is 14.8 Å². The van der Waals surface area contributed by atoms with Crippen LogP contribution in [0.15, 0.2) is 41.6 Å². The molecule has 10 nitrogen and oxygen atoms in total. The number of benzene rings is 2. The van der Waals surface area contributed by atoms with E-state index in [1.807, 2.05) is 0 Å². The lowest BCUT2D eigenvalue weighted by Crippen LogP contribution is -2.14. The minimum atomic E-state index is -0.566. The number of nitro groups is 1. The van der Waals surface area contributed by atoms with Gasteiger partial charge in [-0.15, -0.1) is 5.10 Å². The molecule has 0 radical (unpaired) electrons. The van der Waals surface area contributed by atoms with Crippen LogP contribution in [-0.4, -0.2) is 46.0 Å². The maximum atomic E-state index is 12.2. The Morgan fingerprint density at radius 2 is 2.07 bits per heavy atom. The maximum absolute atomic E-state index is 12.2. The molecule has 3 aromatic rings. The monoisotopic (exact) mass is 449 g/mol. The number of hydrogen-bond acceptors (Lipinski definition) is 8. The molecule has 1 aromatic heterocycles. The third kappa shape index (κ3) is 4.99. The summed E-state index contributed by atoms with van der Waals surface area (Å²) in [7, 11) is 3.09. The molecule has 2 aromatic carbocycles. The molecule has 1 heterocycles. The van der Waals surface area contributed by atoms with Gasteiger partial charge in [0.05, 0.1) is 41.2 Å². The van der Waals surface area contributed by atoms with Crippen molar-refractivity contribution in [2.45, 2.75) is 5.16 Å². The van der Waals surface area contributed by atoms with Crippen molar-refractivity contribution in [2.24, 2.45) is 0 Å². The Morgan fingerprint density at radius 1 is 1.27 bits per heavy atom. The van der Waals surface area contributed by atoms with Gasteiger partial charge in [0.15, 0.2) is 5.82 Å². The molecule has 0 fully saturated rings. The molecule has 30 heavy (non-hydrogen) atoms. The van der Waals surface area contributed by atoms with Gasteiger partial charge in [0.2, 0.25) is 11.1 Å². The summed E-state index contributed by atoms with van der Waals surface area (Å²) in [6.07, 6.45) is 0. The number of amides is 1. The van der Waals surface area contributed by atoms with E-state index in [1.54, 1.807) is 25.3 Å². The van der Waals surface area contributed by atoms with Crippen LogP contribution in [0.4, 0.5) is 11.4 Å². The topological polar surface area (TPSA) is 132 Å². The molecular weight excluding hydrogens is 434 g/mol. The zero-order chi connectivity index (χ0) is 21.7. The molecule has 0 saturated heterocycles. The van der Waals surface area contributed by atoms with E-state index >= 15 is 0 Å². The van der Waals surface area contributed by atoms with E-state index in [4.69, 9.17) is 21.1 Å². The molecule has 0 saturated carbocycles. The highest BCUT2D eigenvalue weighted by Crippen LogP contribution is 2.32. The van der Waals surface area contributed by atoms with Crippen LogP contribution in [0.25, 0.3) is 11.4 Å². The summed E-state index contributed by atoms with van der Waals surface area (Å²) in [4.78, 5) is 26.9. The molecule has 0 aliphatic heterocycles. The predicted octanol–water partition coefficient (Wildman–Crippen LogP) is 3.78. The number of rotatable bonds is 8. The molecule has 1 amide bonds. The predicted molar refractivity (Wildman–Crippen MR) is 112 cm³/mol. The minimum absolute atomic E-state index is 0.0178. The van der Waals surface area contributed by atoms with Crippen molar-refractivity contribution in [3.63, 3.8) is 0 Å². The summed E-state index contributed by atoms with van der Waals surface area (Å²) in [5.41, 5.74) is 0.676. The van der Waals surface area contributed by atoms with E-state index in [1.165, 1.54) is 25.3 Å². The number of nitro benzene ring substituents is 1. The summed E-state index contributed by atoms with van der Waals surface area (Å²) >= 11 is 7.08. The number of nitrogens with zero attached hydrogens (tertiary/aromatic N) is 3. The largest absolute Gasteiger partial charge is 0.497 e. The molecule has 0 unspecified atom stereocenters. The average molecular weight is 450 g/mol. The van der Waals surface area contributed by atoms with E-state index in [-0.39, 0.29) is 22.2 Å². The van der Waals surface area contributed by atoms with Crippen LogP contribution >= 0.6 is 23.4 Å². The second-order valence-corrected chi connectivity index (χ2v) is 7.14. The highest BCUT2D eigenvalue weighted by Gasteiger charge is 2.15. The Hall–Kier alpha value is -3.31. The molecule has 12 heteroatoms.